The van der Waals surface area contributed by atoms with Gasteiger partial charge in [0.1, 0.15) is 0 Å². The summed E-state index contributed by atoms with van der Waals surface area (Å²) in [4.78, 5) is 0. The van der Waals surface area contributed by atoms with Gasteiger partial charge in [-0.05, 0) is 12.3 Å². The second-order valence-electron chi connectivity index (χ2n) is 5.38. The van der Waals surface area contributed by atoms with Gasteiger partial charge in [-0.15, -0.1) is 0 Å². The zero-order valence-corrected chi connectivity index (χ0v) is 13.5. The van der Waals surface area contributed by atoms with Gasteiger partial charge in [0, 0.05) is 0 Å². The molecule has 0 unspecified atom stereocenters. The van der Waals surface area contributed by atoms with Crippen molar-refractivity contribution < 1.29 is 16.8 Å². The molecule has 5 heteroatoms. The minimum atomic E-state index is -3.78. The van der Waals surface area contributed by atoms with E-state index >= 15 is 0 Å². The van der Waals surface area contributed by atoms with Crippen LogP contribution in [0, 0.1) is 5.92 Å². The van der Waals surface area contributed by atoms with Crippen LogP contribution in [-0.4, -0.2) is 21.6 Å². The summed E-state index contributed by atoms with van der Waals surface area (Å²) in [5.74, 6) is 0.182. The van der Waals surface area contributed by atoms with Gasteiger partial charge in [-0.2, -0.15) is 8.42 Å². The zero-order chi connectivity index (χ0) is 14.6. The monoisotopic (exact) mass is 294 g/mol. The topological polar surface area (TPSA) is 52.6 Å². The lowest BCUT2D eigenvalue weighted by Gasteiger charge is -2.07. The standard InChI is InChI=1S/C14H30O4S/c1-4-5-6-7-8-9-10-11-12-17-19(15,16)18-13-14(2)3/h14H,4-13H2,1-3H3. The fourth-order valence-corrected chi connectivity index (χ4v) is 2.48. The van der Waals surface area contributed by atoms with Gasteiger partial charge in [0.2, 0.25) is 0 Å². The highest BCUT2D eigenvalue weighted by Gasteiger charge is 2.12. The van der Waals surface area contributed by atoms with E-state index in [1.807, 2.05) is 13.8 Å². The molecule has 0 heterocycles. The molecule has 0 aromatic heterocycles. The van der Waals surface area contributed by atoms with Crippen LogP contribution in [0.1, 0.15) is 72.1 Å². The van der Waals surface area contributed by atoms with E-state index < -0.39 is 10.4 Å². The summed E-state index contributed by atoms with van der Waals surface area (Å²) >= 11 is 0. The first-order valence-corrected chi connectivity index (χ1v) is 8.85. The van der Waals surface area contributed by atoms with Gasteiger partial charge in [0.05, 0.1) is 13.2 Å². The molecule has 0 bridgehead atoms. The first-order chi connectivity index (χ1) is 8.98. The largest absolute Gasteiger partial charge is 0.399 e. The molecule has 0 fully saturated rings. The molecule has 0 saturated heterocycles. The van der Waals surface area contributed by atoms with Crippen molar-refractivity contribution in [3.8, 4) is 0 Å². The molecule has 0 N–H and O–H groups in total. The van der Waals surface area contributed by atoms with E-state index in [4.69, 9.17) is 8.37 Å². The fourth-order valence-electron chi connectivity index (χ4n) is 1.65. The van der Waals surface area contributed by atoms with Crippen molar-refractivity contribution >= 4 is 10.4 Å². The van der Waals surface area contributed by atoms with Crippen LogP contribution in [0.3, 0.4) is 0 Å². The maximum absolute atomic E-state index is 11.3. The summed E-state index contributed by atoms with van der Waals surface area (Å²) in [6, 6.07) is 0. The van der Waals surface area contributed by atoms with Gasteiger partial charge < -0.3 is 0 Å². The van der Waals surface area contributed by atoms with Gasteiger partial charge in [-0.1, -0.05) is 65.7 Å². The molecule has 19 heavy (non-hydrogen) atoms. The van der Waals surface area contributed by atoms with Crippen LogP contribution >= 0.6 is 0 Å². The van der Waals surface area contributed by atoms with Crippen molar-refractivity contribution in [1.29, 1.82) is 0 Å². The lowest BCUT2D eigenvalue weighted by molar-refractivity contribution is 0.194. The van der Waals surface area contributed by atoms with Gasteiger partial charge >= 0.3 is 10.4 Å². The Hall–Kier alpha value is -0.130. The molecular formula is C14H30O4S. The highest BCUT2D eigenvalue weighted by atomic mass is 32.3. The van der Waals surface area contributed by atoms with Crippen LogP contribution in [0.5, 0.6) is 0 Å². The summed E-state index contributed by atoms with van der Waals surface area (Å²) in [6.07, 6.45) is 9.35. The SMILES string of the molecule is CCCCCCCCCCOS(=O)(=O)OCC(C)C. The minimum absolute atomic E-state index is 0.180. The van der Waals surface area contributed by atoms with E-state index in [0.717, 1.165) is 19.3 Å². The zero-order valence-electron chi connectivity index (χ0n) is 12.7. The molecule has 0 atom stereocenters. The molecule has 0 saturated carbocycles. The molecule has 4 nitrogen and oxygen atoms in total. The van der Waals surface area contributed by atoms with Crippen molar-refractivity contribution in [1.82, 2.24) is 0 Å². The van der Waals surface area contributed by atoms with Gasteiger partial charge in [-0.25, -0.2) is 8.37 Å². The van der Waals surface area contributed by atoms with Gasteiger partial charge in [-0.3, -0.25) is 0 Å². The van der Waals surface area contributed by atoms with Crippen LogP contribution in [0.15, 0.2) is 0 Å². The lowest BCUT2D eigenvalue weighted by atomic mass is 10.1. The third-order valence-electron chi connectivity index (χ3n) is 2.77. The number of unbranched alkanes of at least 4 members (excludes halogenated alkanes) is 7. The van der Waals surface area contributed by atoms with Crippen LogP contribution in [0.2, 0.25) is 0 Å². The predicted octanol–water partition coefficient (Wildman–Crippen LogP) is 4.06. The quantitative estimate of drug-likeness (QED) is 0.481. The molecule has 0 aliphatic rings. The minimum Gasteiger partial charge on any atom is -0.248 e. The van der Waals surface area contributed by atoms with E-state index in [1.165, 1.54) is 32.1 Å². The smallest absolute Gasteiger partial charge is 0.248 e. The Morgan fingerprint density at radius 3 is 1.89 bits per heavy atom. The molecule has 0 amide bonds. The highest BCUT2D eigenvalue weighted by molar-refractivity contribution is 7.81. The Morgan fingerprint density at radius 1 is 0.842 bits per heavy atom. The number of hydrogen-bond acceptors (Lipinski definition) is 4. The second kappa shape index (κ2) is 11.7. The Kier molecular flexibility index (Phi) is 11.6. The average molecular weight is 294 g/mol. The normalized spacial score (nSPS) is 12.2. The molecule has 0 aliphatic heterocycles. The maximum Gasteiger partial charge on any atom is 0.399 e. The van der Waals surface area contributed by atoms with E-state index in [1.54, 1.807) is 0 Å². The predicted molar refractivity (Wildman–Crippen MR) is 78.3 cm³/mol. The molecule has 0 aromatic rings. The van der Waals surface area contributed by atoms with Crippen molar-refractivity contribution in [2.24, 2.45) is 5.92 Å². The summed E-state index contributed by atoms with van der Waals surface area (Å²) < 4.78 is 32.1. The highest BCUT2D eigenvalue weighted by Crippen LogP contribution is 2.09. The molecule has 0 spiro atoms. The summed E-state index contributed by atoms with van der Waals surface area (Å²) in [7, 11) is -3.78. The van der Waals surface area contributed by atoms with E-state index in [0.29, 0.717) is 0 Å². The van der Waals surface area contributed by atoms with E-state index in [2.05, 4.69) is 6.92 Å². The summed E-state index contributed by atoms with van der Waals surface area (Å²) in [5, 5.41) is 0. The van der Waals surface area contributed by atoms with Crippen LogP contribution in [0.4, 0.5) is 0 Å². The number of hydrogen-bond donors (Lipinski definition) is 0. The molecule has 0 aliphatic carbocycles. The molecule has 116 valence electrons. The maximum atomic E-state index is 11.3. The Labute approximate surface area is 119 Å². The van der Waals surface area contributed by atoms with E-state index in [-0.39, 0.29) is 19.1 Å². The van der Waals surface area contributed by atoms with Crippen LogP contribution in [0.25, 0.3) is 0 Å². The fraction of sp³-hybridized carbons (Fsp3) is 1.00. The third-order valence-corrected chi connectivity index (χ3v) is 3.65. The third kappa shape index (κ3) is 14.1. The second-order valence-corrected chi connectivity index (χ2v) is 6.67. The van der Waals surface area contributed by atoms with Crippen molar-refractivity contribution in [2.75, 3.05) is 13.2 Å². The van der Waals surface area contributed by atoms with Crippen LogP contribution in [-0.2, 0) is 18.8 Å². The number of rotatable bonds is 13. The lowest BCUT2D eigenvalue weighted by Crippen LogP contribution is -2.14. The van der Waals surface area contributed by atoms with Crippen molar-refractivity contribution in [2.45, 2.75) is 72.1 Å². The van der Waals surface area contributed by atoms with Gasteiger partial charge in [0.15, 0.2) is 0 Å². The molecule has 0 rings (SSSR count). The first kappa shape index (κ1) is 18.9. The summed E-state index contributed by atoms with van der Waals surface area (Å²) in [6.45, 7) is 6.41. The van der Waals surface area contributed by atoms with E-state index in [9.17, 15) is 8.42 Å². The van der Waals surface area contributed by atoms with Crippen molar-refractivity contribution in [3.63, 3.8) is 0 Å². The first-order valence-electron chi connectivity index (χ1n) is 7.51. The van der Waals surface area contributed by atoms with Crippen molar-refractivity contribution in [3.05, 3.63) is 0 Å². The van der Waals surface area contributed by atoms with Gasteiger partial charge in [0.25, 0.3) is 0 Å². The average Bonchev–Trinajstić information content (AvgIpc) is 2.34. The van der Waals surface area contributed by atoms with Crippen LogP contribution < -0.4 is 0 Å². The molecular weight excluding hydrogens is 264 g/mol. The Bertz CT molecular complexity index is 286. The summed E-state index contributed by atoms with van der Waals surface area (Å²) in [5.41, 5.74) is 0. The molecule has 0 aromatic carbocycles. The Balaban J connectivity index is 3.38. The Morgan fingerprint density at radius 2 is 1.37 bits per heavy atom. The molecule has 0 radical (unpaired) electrons.